The van der Waals surface area contributed by atoms with Gasteiger partial charge in [0.05, 0.1) is 11.4 Å². The number of nitrogens with zero attached hydrogens (tertiary/aromatic N) is 3. The molecule has 0 radical (unpaired) electrons. The minimum Gasteiger partial charge on any atom is -0.397 e. The Labute approximate surface area is 75.0 Å². The summed E-state index contributed by atoms with van der Waals surface area (Å²) in [7, 11) is 0. The third kappa shape index (κ3) is 1.20. The lowest BCUT2D eigenvalue weighted by Crippen LogP contribution is -2.05. The van der Waals surface area contributed by atoms with Crippen molar-refractivity contribution in [2.75, 3.05) is 11.5 Å². The van der Waals surface area contributed by atoms with Crippen LogP contribution < -0.4 is 11.5 Å². The van der Waals surface area contributed by atoms with Gasteiger partial charge in [-0.2, -0.15) is 14.8 Å². The normalized spacial score (nSPS) is 10.2. The van der Waals surface area contributed by atoms with Gasteiger partial charge < -0.3 is 11.5 Å². The fourth-order valence-electron chi connectivity index (χ4n) is 1.12. The molecular weight excluding hydrogens is 166 g/mol. The Hall–Kier alpha value is -2.04. The van der Waals surface area contributed by atoms with Gasteiger partial charge in [-0.1, -0.05) is 12.1 Å². The zero-order valence-corrected chi connectivity index (χ0v) is 6.88. The summed E-state index contributed by atoms with van der Waals surface area (Å²) < 4.78 is 1.50. The van der Waals surface area contributed by atoms with Gasteiger partial charge in [-0.15, -0.1) is 0 Å². The fourth-order valence-corrected chi connectivity index (χ4v) is 1.12. The van der Waals surface area contributed by atoms with Crippen LogP contribution in [-0.4, -0.2) is 14.8 Å². The first-order chi connectivity index (χ1) is 6.29. The second-order valence-electron chi connectivity index (χ2n) is 2.59. The highest BCUT2D eigenvalue weighted by atomic mass is 15.4. The number of nitrogens with two attached hydrogens (primary N) is 2. The number of nitrogen functional groups attached to an aromatic ring is 2. The van der Waals surface area contributed by atoms with Crippen molar-refractivity contribution in [2.24, 2.45) is 0 Å². The van der Waals surface area contributed by atoms with Crippen LogP contribution in [-0.2, 0) is 0 Å². The lowest BCUT2D eigenvalue weighted by molar-refractivity contribution is 0.893. The van der Waals surface area contributed by atoms with E-state index in [1.165, 1.54) is 11.0 Å². The van der Waals surface area contributed by atoms with Crippen molar-refractivity contribution in [3.8, 4) is 5.69 Å². The predicted octanol–water partition coefficient (Wildman–Crippen LogP) is 0.432. The molecule has 0 fully saturated rings. The predicted molar refractivity (Wildman–Crippen MR) is 50.2 cm³/mol. The maximum Gasteiger partial charge on any atom is 0.223 e. The summed E-state index contributed by atoms with van der Waals surface area (Å²) in [5, 5.41) is 3.95. The molecule has 0 spiro atoms. The summed E-state index contributed by atoms with van der Waals surface area (Å²) in [6.07, 6.45) is 1.39. The maximum absolute atomic E-state index is 5.74. The molecule has 4 N–H and O–H groups in total. The minimum atomic E-state index is 0.331. The molecule has 5 nitrogen and oxygen atoms in total. The molecule has 0 aliphatic rings. The number of anilines is 2. The van der Waals surface area contributed by atoms with Crippen molar-refractivity contribution < 1.29 is 0 Å². The molecule has 1 aromatic carbocycles. The van der Waals surface area contributed by atoms with E-state index in [1.807, 2.05) is 18.2 Å². The highest BCUT2D eigenvalue weighted by Crippen LogP contribution is 2.16. The topological polar surface area (TPSA) is 82.8 Å². The Morgan fingerprint density at radius 3 is 2.54 bits per heavy atom. The number of para-hydroxylation sites is 2. The van der Waals surface area contributed by atoms with Crippen molar-refractivity contribution >= 4 is 11.6 Å². The number of benzene rings is 1. The molecule has 2 aromatic rings. The molecule has 2 rings (SSSR count). The molecule has 1 heterocycles. The van der Waals surface area contributed by atoms with E-state index in [9.17, 15) is 0 Å². The lowest BCUT2D eigenvalue weighted by atomic mass is 10.3. The highest BCUT2D eigenvalue weighted by Gasteiger charge is 2.04. The van der Waals surface area contributed by atoms with Gasteiger partial charge in [0.25, 0.3) is 0 Å². The lowest BCUT2D eigenvalue weighted by Gasteiger charge is -2.04. The summed E-state index contributed by atoms with van der Waals surface area (Å²) in [4.78, 5) is 3.81. The average Bonchev–Trinajstić information content (AvgIpc) is 2.52. The van der Waals surface area contributed by atoms with E-state index < -0.39 is 0 Å². The third-order valence-corrected chi connectivity index (χ3v) is 1.74. The SMILES string of the molecule is Nc1ccccc1-n1ncnc1N. The molecule has 0 aliphatic carbocycles. The van der Waals surface area contributed by atoms with Crippen LogP contribution in [0.3, 0.4) is 0 Å². The average molecular weight is 175 g/mol. The van der Waals surface area contributed by atoms with Crippen LogP contribution >= 0.6 is 0 Å². The molecule has 66 valence electrons. The number of hydrogen-bond donors (Lipinski definition) is 2. The maximum atomic E-state index is 5.74. The number of rotatable bonds is 1. The summed E-state index contributed by atoms with van der Waals surface area (Å²) >= 11 is 0. The van der Waals surface area contributed by atoms with Crippen LogP contribution in [0, 0.1) is 0 Å². The van der Waals surface area contributed by atoms with Crippen LogP contribution in [0.1, 0.15) is 0 Å². The molecule has 0 unspecified atom stereocenters. The molecule has 1 aromatic heterocycles. The Morgan fingerprint density at radius 2 is 1.92 bits per heavy atom. The van der Waals surface area contributed by atoms with Crippen molar-refractivity contribution in [3.63, 3.8) is 0 Å². The summed E-state index contributed by atoms with van der Waals surface area (Å²) in [6.45, 7) is 0. The third-order valence-electron chi connectivity index (χ3n) is 1.74. The van der Waals surface area contributed by atoms with Crippen molar-refractivity contribution in [1.82, 2.24) is 14.8 Å². The summed E-state index contributed by atoms with van der Waals surface area (Å²) in [6, 6.07) is 7.34. The first kappa shape index (κ1) is 7.60. The largest absolute Gasteiger partial charge is 0.397 e. The van der Waals surface area contributed by atoms with Gasteiger partial charge in [-0.3, -0.25) is 0 Å². The van der Waals surface area contributed by atoms with Crippen molar-refractivity contribution in [1.29, 1.82) is 0 Å². The molecule has 0 saturated carbocycles. The van der Waals surface area contributed by atoms with Gasteiger partial charge in [0.15, 0.2) is 0 Å². The molecule has 5 heteroatoms. The monoisotopic (exact) mass is 175 g/mol. The van der Waals surface area contributed by atoms with E-state index in [0.29, 0.717) is 11.6 Å². The second kappa shape index (κ2) is 2.78. The number of hydrogen-bond acceptors (Lipinski definition) is 4. The van der Waals surface area contributed by atoms with E-state index in [1.54, 1.807) is 6.07 Å². The van der Waals surface area contributed by atoms with Gasteiger partial charge in [-0.05, 0) is 12.1 Å². The van der Waals surface area contributed by atoms with Crippen LogP contribution in [0.4, 0.5) is 11.6 Å². The van der Waals surface area contributed by atoms with Crippen LogP contribution in [0.25, 0.3) is 5.69 Å². The molecule has 0 amide bonds. The molecule has 13 heavy (non-hydrogen) atoms. The second-order valence-corrected chi connectivity index (χ2v) is 2.59. The van der Waals surface area contributed by atoms with Crippen molar-refractivity contribution in [3.05, 3.63) is 30.6 Å². The van der Waals surface area contributed by atoms with E-state index in [0.717, 1.165) is 5.69 Å². The van der Waals surface area contributed by atoms with Gasteiger partial charge in [0, 0.05) is 0 Å². The van der Waals surface area contributed by atoms with Crippen LogP contribution in [0.2, 0.25) is 0 Å². The van der Waals surface area contributed by atoms with Gasteiger partial charge in [0.1, 0.15) is 6.33 Å². The highest BCUT2D eigenvalue weighted by molar-refractivity contribution is 5.58. The first-order valence-corrected chi connectivity index (χ1v) is 3.79. The molecular formula is C8H9N5. The summed E-state index contributed by atoms with van der Waals surface area (Å²) in [5.41, 5.74) is 12.7. The fraction of sp³-hybridized carbons (Fsp3) is 0. The number of aromatic nitrogens is 3. The Morgan fingerprint density at radius 1 is 1.15 bits per heavy atom. The standard InChI is InChI=1S/C8H9N5/c9-6-3-1-2-4-7(6)13-8(10)11-5-12-13/h1-5H,9H2,(H2,10,11,12). The first-order valence-electron chi connectivity index (χ1n) is 3.79. The summed E-state index contributed by atoms with van der Waals surface area (Å²) in [5.74, 6) is 0.331. The quantitative estimate of drug-likeness (QED) is 0.616. The zero-order chi connectivity index (χ0) is 9.26. The zero-order valence-electron chi connectivity index (χ0n) is 6.88. The smallest absolute Gasteiger partial charge is 0.223 e. The minimum absolute atomic E-state index is 0.331. The molecule has 0 aliphatic heterocycles. The van der Waals surface area contributed by atoms with E-state index in [-0.39, 0.29) is 0 Å². The van der Waals surface area contributed by atoms with E-state index >= 15 is 0 Å². The molecule has 0 saturated heterocycles. The Bertz CT molecular complexity index is 420. The Balaban J connectivity index is 2.59. The molecule has 0 bridgehead atoms. The van der Waals surface area contributed by atoms with Crippen molar-refractivity contribution in [2.45, 2.75) is 0 Å². The van der Waals surface area contributed by atoms with Crippen LogP contribution in [0.5, 0.6) is 0 Å². The Kier molecular flexibility index (Phi) is 1.63. The molecule has 0 atom stereocenters. The van der Waals surface area contributed by atoms with E-state index in [2.05, 4.69) is 10.1 Å². The van der Waals surface area contributed by atoms with Gasteiger partial charge in [0.2, 0.25) is 5.95 Å². The van der Waals surface area contributed by atoms with Gasteiger partial charge >= 0.3 is 0 Å². The van der Waals surface area contributed by atoms with E-state index in [4.69, 9.17) is 11.5 Å². The van der Waals surface area contributed by atoms with Gasteiger partial charge in [-0.25, -0.2) is 0 Å². The van der Waals surface area contributed by atoms with Crippen LogP contribution in [0.15, 0.2) is 30.6 Å².